The zero-order valence-electron chi connectivity index (χ0n) is 12.0. The third-order valence-electron chi connectivity index (χ3n) is 3.58. The van der Waals surface area contributed by atoms with Crippen molar-refractivity contribution in [1.82, 2.24) is 0 Å². The van der Waals surface area contributed by atoms with Crippen molar-refractivity contribution in [2.24, 2.45) is 10.6 Å². The number of hydrogen-bond donors (Lipinski definition) is 0. The third-order valence-corrected chi connectivity index (χ3v) is 3.58. The summed E-state index contributed by atoms with van der Waals surface area (Å²) < 4.78 is 4.89. The summed E-state index contributed by atoms with van der Waals surface area (Å²) in [5.41, 5.74) is 4.19. The van der Waals surface area contributed by atoms with Crippen LogP contribution in [0.15, 0.2) is 17.3 Å². The van der Waals surface area contributed by atoms with E-state index in [-0.39, 0.29) is 12.6 Å². The molecule has 0 fully saturated rings. The predicted octanol–water partition coefficient (Wildman–Crippen LogP) is 2.53. The second kappa shape index (κ2) is 4.68. The highest BCUT2D eigenvalue weighted by atomic mass is 16.6. The minimum Gasteiger partial charge on any atom is -0.468 e. The number of rotatable bonds is 2. The van der Waals surface area contributed by atoms with E-state index in [0.717, 1.165) is 16.7 Å². The number of methoxy groups -OCH3 is 1. The SMILES string of the molecule is COC(=O)C1(C)CON=C1c1c(C)cc(C)cc1C. The minimum absolute atomic E-state index is 0.224. The molecule has 102 valence electrons. The summed E-state index contributed by atoms with van der Waals surface area (Å²) in [4.78, 5) is 17.2. The number of aryl methyl sites for hydroxylation is 3. The van der Waals surface area contributed by atoms with Gasteiger partial charge in [-0.25, -0.2) is 0 Å². The molecule has 0 radical (unpaired) electrons. The number of nitrogens with zero attached hydrogens (tertiary/aromatic N) is 1. The van der Waals surface area contributed by atoms with E-state index in [4.69, 9.17) is 9.57 Å². The molecule has 1 aromatic carbocycles. The highest BCUT2D eigenvalue weighted by Crippen LogP contribution is 2.33. The van der Waals surface area contributed by atoms with Crippen LogP contribution in [-0.2, 0) is 14.4 Å². The minimum atomic E-state index is -0.834. The molecule has 1 unspecified atom stereocenters. The molecular weight excluding hydrogens is 242 g/mol. The molecule has 1 aliphatic rings. The van der Waals surface area contributed by atoms with Crippen LogP contribution >= 0.6 is 0 Å². The van der Waals surface area contributed by atoms with Crippen LogP contribution in [0, 0.1) is 26.2 Å². The van der Waals surface area contributed by atoms with Crippen LogP contribution in [0.25, 0.3) is 0 Å². The Morgan fingerprint density at radius 3 is 2.42 bits per heavy atom. The van der Waals surface area contributed by atoms with Crippen molar-refractivity contribution < 1.29 is 14.4 Å². The Morgan fingerprint density at radius 1 is 1.32 bits per heavy atom. The van der Waals surface area contributed by atoms with Crippen LogP contribution in [0.5, 0.6) is 0 Å². The van der Waals surface area contributed by atoms with Gasteiger partial charge in [-0.3, -0.25) is 4.79 Å². The van der Waals surface area contributed by atoms with E-state index in [1.165, 1.54) is 12.7 Å². The summed E-state index contributed by atoms with van der Waals surface area (Å²) in [6.07, 6.45) is 0. The fourth-order valence-electron chi connectivity index (χ4n) is 2.65. The van der Waals surface area contributed by atoms with Crippen LogP contribution in [0.3, 0.4) is 0 Å². The fraction of sp³-hybridized carbons (Fsp3) is 0.467. The zero-order valence-corrected chi connectivity index (χ0v) is 12.0. The second-order valence-corrected chi connectivity index (χ2v) is 5.31. The number of ether oxygens (including phenoxy) is 1. The molecule has 0 saturated heterocycles. The van der Waals surface area contributed by atoms with Crippen LogP contribution < -0.4 is 0 Å². The van der Waals surface area contributed by atoms with Gasteiger partial charge < -0.3 is 9.57 Å². The Balaban J connectivity index is 2.56. The summed E-state index contributed by atoms with van der Waals surface area (Å²) in [6.45, 7) is 8.13. The van der Waals surface area contributed by atoms with Gasteiger partial charge in [0.15, 0.2) is 0 Å². The molecule has 0 aliphatic carbocycles. The standard InChI is InChI=1S/C15H19NO3/c1-9-6-10(2)12(11(3)7-9)13-15(4,8-19-16-13)14(17)18-5/h6-7H,8H2,1-5H3. The van der Waals surface area contributed by atoms with Gasteiger partial charge >= 0.3 is 5.97 Å². The van der Waals surface area contributed by atoms with Gasteiger partial charge in [0.1, 0.15) is 17.7 Å². The summed E-state index contributed by atoms with van der Waals surface area (Å²) in [5.74, 6) is -0.317. The highest BCUT2D eigenvalue weighted by Gasteiger charge is 2.46. The molecule has 4 heteroatoms. The first-order valence-corrected chi connectivity index (χ1v) is 6.27. The Morgan fingerprint density at radius 2 is 1.89 bits per heavy atom. The van der Waals surface area contributed by atoms with Crippen molar-refractivity contribution in [3.05, 3.63) is 34.4 Å². The Hall–Kier alpha value is -1.84. The molecule has 0 aromatic heterocycles. The lowest BCUT2D eigenvalue weighted by atomic mass is 9.79. The van der Waals surface area contributed by atoms with Crippen LogP contribution in [0.2, 0.25) is 0 Å². The van der Waals surface area contributed by atoms with Crippen molar-refractivity contribution in [2.45, 2.75) is 27.7 Å². The fourth-order valence-corrected chi connectivity index (χ4v) is 2.65. The van der Waals surface area contributed by atoms with Crippen LogP contribution in [0.1, 0.15) is 29.2 Å². The normalized spacial score (nSPS) is 21.8. The van der Waals surface area contributed by atoms with Gasteiger partial charge in [-0.05, 0) is 38.8 Å². The van der Waals surface area contributed by atoms with E-state index < -0.39 is 5.41 Å². The van der Waals surface area contributed by atoms with E-state index in [0.29, 0.717) is 5.71 Å². The zero-order chi connectivity index (χ0) is 14.2. The van der Waals surface area contributed by atoms with E-state index in [1.54, 1.807) is 0 Å². The van der Waals surface area contributed by atoms with E-state index in [2.05, 4.69) is 24.2 Å². The molecule has 0 spiro atoms. The van der Waals surface area contributed by atoms with Crippen molar-refractivity contribution in [2.75, 3.05) is 13.7 Å². The van der Waals surface area contributed by atoms with Crippen molar-refractivity contribution in [3.8, 4) is 0 Å². The lowest BCUT2D eigenvalue weighted by molar-refractivity contribution is -0.149. The monoisotopic (exact) mass is 261 g/mol. The maximum absolute atomic E-state index is 12.0. The molecule has 0 bridgehead atoms. The largest absolute Gasteiger partial charge is 0.468 e. The number of hydrogen-bond acceptors (Lipinski definition) is 4. The summed E-state index contributed by atoms with van der Waals surface area (Å²) >= 11 is 0. The lowest BCUT2D eigenvalue weighted by Gasteiger charge is -2.22. The topological polar surface area (TPSA) is 47.9 Å². The Bertz CT molecular complexity index is 540. The van der Waals surface area contributed by atoms with Crippen LogP contribution in [-0.4, -0.2) is 25.4 Å². The average Bonchev–Trinajstić information content (AvgIpc) is 2.70. The second-order valence-electron chi connectivity index (χ2n) is 5.31. The molecule has 0 N–H and O–H groups in total. The number of benzene rings is 1. The maximum atomic E-state index is 12.0. The van der Waals surface area contributed by atoms with Gasteiger partial charge in [-0.1, -0.05) is 22.9 Å². The first kappa shape index (κ1) is 13.6. The maximum Gasteiger partial charge on any atom is 0.321 e. The lowest BCUT2D eigenvalue weighted by Crippen LogP contribution is -2.38. The number of oxime groups is 1. The third kappa shape index (κ3) is 2.11. The number of esters is 1. The average molecular weight is 261 g/mol. The number of carbonyl (C=O) groups excluding carboxylic acids is 1. The van der Waals surface area contributed by atoms with E-state index in [9.17, 15) is 4.79 Å². The van der Waals surface area contributed by atoms with Crippen molar-refractivity contribution in [1.29, 1.82) is 0 Å². The predicted molar refractivity (Wildman–Crippen MR) is 73.3 cm³/mol. The highest BCUT2D eigenvalue weighted by molar-refractivity contribution is 6.17. The van der Waals surface area contributed by atoms with Gasteiger partial charge in [0.2, 0.25) is 0 Å². The molecule has 1 aliphatic heterocycles. The smallest absolute Gasteiger partial charge is 0.321 e. The van der Waals surface area contributed by atoms with Gasteiger partial charge in [-0.15, -0.1) is 0 Å². The summed E-state index contributed by atoms with van der Waals surface area (Å²) in [6, 6.07) is 4.17. The van der Waals surface area contributed by atoms with Crippen LogP contribution in [0.4, 0.5) is 0 Å². The summed E-state index contributed by atoms with van der Waals surface area (Å²) in [5, 5.41) is 4.10. The quantitative estimate of drug-likeness (QED) is 0.769. The Labute approximate surface area is 113 Å². The molecule has 1 heterocycles. The number of carbonyl (C=O) groups is 1. The molecule has 0 amide bonds. The van der Waals surface area contributed by atoms with Crippen molar-refractivity contribution in [3.63, 3.8) is 0 Å². The molecule has 2 rings (SSSR count). The molecule has 4 nitrogen and oxygen atoms in total. The van der Waals surface area contributed by atoms with Gasteiger partial charge in [0.25, 0.3) is 0 Å². The van der Waals surface area contributed by atoms with Crippen molar-refractivity contribution >= 4 is 11.7 Å². The molecule has 1 aromatic rings. The van der Waals surface area contributed by atoms with Gasteiger partial charge in [0, 0.05) is 5.56 Å². The van der Waals surface area contributed by atoms with E-state index in [1.807, 2.05) is 20.8 Å². The summed E-state index contributed by atoms with van der Waals surface area (Å²) in [7, 11) is 1.39. The first-order chi connectivity index (χ1) is 8.90. The molecule has 1 atom stereocenters. The molecule has 19 heavy (non-hydrogen) atoms. The molecular formula is C15H19NO3. The van der Waals surface area contributed by atoms with Gasteiger partial charge in [0.05, 0.1) is 7.11 Å². The van der Waals surface area contributed by atoms with Gasteiger partial charge in [-0.2, -0.15) is 0 Å². The Kier molecular flexibility index (Phi) is 3.35. The van der Waals surface area contributed by atoms with E-state index >= 15 is 0 Å². The molecule has 0 saturated carbocycles. The first-order valence-electron chi connectivity index (χ1n) is 6.27.